The van der Waals surface area contributed by atoms with Gasteiger partial charge in [0.1, 0.15) is 5.76 Å². The highest BCUT2D eigenvalue weighted by Gasteiger charge is 2.41. The molecule has 31 heavy (non-hydrogen) atoms. The van der Waals surface area contributed by atoms with Crippen LogP contribution in [0.5, 0.6) is 0 Å². The molecule has 2 amide bonds. The molecule has 3 heterocycles. The summed E-state index contributed by atoms with van der Waals surface area (Å²) in [6.45, 7) is 1.02. The molecule has 160 valence electrons. The van der Waals surface area contributed by atoms with Crippen molar-refractivity contribution in [1.82, 2.24) is 20.0 Å². The Balaban J connectivity index is 1.26. The minimum atomic E-state index is -0.373. The number of furan rings is 1. The topological polar surface area (TPSA) is 92.7 Å². The number of likely N-dealkylation sites (tertiary alicyclic amines) is 1. The third-order valence-corrected chi connectivity index (χ3v) is 5.88. The summed E-state index contributed by atoms with van der Waals surface area (Å²) in [5.74, 6) is 1.03. The summed E-state index contributed by atoms with van der Waals surface area (Å²) in [6, 6.07) is 10.9. The maximum atomic E-state index is 13.3. The molecule has 0 bridgehead atoms. The predicted octanol–water partition coefficient (Wildman–Crippen LogP) is 3.52. The molecule has 1 aromatic carbocycles. The van der Waals surface area contributed by atoms with Crippen LogP contribution in [-0.2, 0) is 22.7 Å². The molecule has 2 aliphatic rings. The number of aromatic nitrogens is 2. The van der Waals surface area contributed by atoms with Crippen LogP contribution < -0.4 is 0 Å². The summed E-state index contributed by atoms with van der Waals surface area (Å²) in [4.78, 5) is 29.2. The molecule has 1 unspecified atom stereocenters. The number of benzene rings is 1. The molecule has 1 atom stereocenters. The summed E-state index contributed by atoms with van der Waals surface area (Å²) in [5, 5.41) is 8.85. The average molecular weight is 441 g/mol. The maximum absolute atomic E-state index is 13.3. The lowest BCUT2D eigenvalue weighted by atomic mass is 10.1. The maximum Gasteiger partial charge on any atom is 0.247 e. The quantitative estimate of drug-likeness (QED) is 0.558. The molecular formula is C22H21ClN4O4. The predicted molar refractivity (Wildman–Crippen MR) is 111 cm³/mol. The van der Waals surface area contributed by atoms with Crippen molar-refractivity contribution in [3.63, 3.8) is 0 Å². The molecule has 8 nitrogen and oxygen atoms in total. The van der Waals surface area contributed by atoms with E-state index in [0.717, 1.165) is 18.4 Å². The normalized spacial score (nSPS) is 18.5. The molecule has 5 rings (SSSR count). The molecule has 0 N–H and O–H groups in total. The number of hydrogen-bond acceptors (Lipinski definition) is 6. The van der Waals surface area contributed by atoms with Crippen LogP contribution in [0.1, 0.15) is 30.9 Å². The Morgan fingerprint density at radius 3 is 2.71 bits per heavy atom. The number of carbonyl (C=O) groups excluding carboxylic acids is 2. The monoisotopic (exact) mass is 440 g/mol. The molecule has 1 saturated carbocycles. The number of carbonyl (C=O) groups is 2. The molecule has 1 aliphatic heterocycles. The molecule has 0 spiro atoms. The number of rotatable bonds is 7. The van der Waals surface area contributed by atoms with Gasteiger partial charge in [0.2, 0.25) is 23.6 Å². The van der Waals surface area contributed by atoms with Crippen molar-refractivity contribution < 1.29 is 18.4 Å². The summed E-state index contributed by atoms with van der Waals surface area (Å²) < 4.78 is 11.1. The highest BCUT2D eigenvalue weighted by Crippen LogP contribution is 2.32. The van der Waals surface area contributed by atoms with Gasteiger partial charge < -0.3 is 18.6 Å². The lowest BCUT2D eigenvalue weighted by molar-refractivity contribution is -0.137. The number of amides is 2. The van der Waals surface area contributed by atoms with Crippen molar-refractivity contribution in [3.05, 3.63) is 59.3 Å². The lowest BCUT2D eigenvalue weighted by Crippen LogP contribution is -2.38. The van der Waals surface area contributed by atoms with Crippen LogP contribution in [0, 0.1) is 5.92 Å². The number of nitrogens with zero attached hydrogens (tertiary/aromatic N) is 4. The first kappa shape index (κ1) is 19.8. The second-order valence-electron chi connectivity index (χ2n) is 7.96. The number of halogens is 1. The molecule has 0 radical (unpaired) electrons. The fourth-order valence-corrected chi connectivity index (χ4v) is 3.99. The smallest absolute Gasteiger partial charge is 0.247 e. The van der Waals surface area contributed by atoms with E-state index in [9.17, 15) is 9.59 Å². The molecule has 2 aromatic heterocycles. The van der Waals surface area contributed by atoms with E-state index in [0.29, 0.717) is 35.7 Å². The van der Waals surface area contributed by atoms with Gasteiger partial charge in [0.25, 0.3) is 0 Å². The standard InChI is InChI=1S/C22H21ClN4O4/c23-16-5-3-14(4-6-16)21-25-24-19(31-21)13-27(17-7-8-17)22(29)15-10-20(28)26(11-15)12-18-2-1-9-30-18/h1-6,9,15,17H,7-8,10-13H2. The van der Waals surface area contributed by atoms with Gasteiger partial charge in [-0.3, -0.25) is 9.59 Å². The van der Waals surface area contributed by atoms with Crippen LogP contribution in [0.2, 0.25) is 5.02 Å². The largest absolute Gasteiger partial charge is 0.467 e. The van der Waals surface area contributed by atoms with Gasteiger partial charge in [-0.25, -0.2) is 0 Å². The van der Waals surface area contributed by atoms with Crippen molar-refractivity contribution in [3.8, 4) is 11.5 Å². The third kappa shape index (κ3) is 4.34. The van der Waals surface area contributed by atoms with Gasteiger partial charge in [-0.2, -0.15) is 0 Å². The van der Waals surface area contributed by atoms with Gasteiger partial charge in [-0.05, 0) is 49.2 Å². The Morgan fingerprint density at radius 1 is 1.19 bits per heavy atom. The Morgan fingerprint density at radius 2 is 2.00 bits per heavy atom. The van der Waals surface area contributed by atoms with Gasteiger partial charge in [0.05, 0.1) is 25.3 Å². The van der Waals surface area contributed by atoms with Crippen LogP contribution in [0.4, 0.5) is 0 Å². The van der Waals surface area contributed by atoms with Crippen LogP contribution in [0.15, 0.2) is 51.5 Å². The van der Waals surface area contributed by atoms with Crippen LogP contribution >= 0.6 is 11.6 Å². The highest BCUT2D eigenvalue weighted by molar-refractivity contribution is 6.30. The summed E-state index contributed by atoms with van der Waals surface area (Å²) in [5.41, 5.74) is 0.766. The van der Waals surface area contributed by atoms with Crippen LogP contribution in [0.25, 0.3) is 11.5 Å². The van der Waals surface area contributed by atoms with Crippen molar-refractivity contribution in [2.45, 2.75) is 38.4 Å². The van der Waals surface area contributed by atoms with Gasteiger partial charge in [0, 0.05) is 29.6 Å². The van der Waals surface area contributed by atoms with Crippen molar-refractivity contribution >= 4 is 23.4 Å². The zero-order chi connectivity index (χ0) is 21.4. The van der Waals surface area contributed by atoms with Gasteiger partial charge in [-0.15, -0.1) is 10.2 Å². The Bertz CT molecular complexity index is 1080. The molecule has 9 heteroatoms. The first-order valence-electron chi connectivity index (χ1n) is 10.3. The van der Waals surface area contributed by atoms with E-state index in [-0.39, 0.29) is 36.7 Å². The molecule has 1 aliphatic carbocycles. The van der Waals surface area contributed by atoms with E-state index in [4.69, 9.17) is 20.4 Å². The zero-order valence-corrected chi connectivity index (χ0v) is 17.5. The Kier molecular flexibility index (Phi) is 5.23. The molecule has 2 fully saturated rings. The second kappa shape index (κ2) is 8.19. The van der Waals surface area contributed by atoms with E-state index in [1.54, 1.807) is 46.4 Å². The Labute approximate surface area is 183 Å². The van der Waals surface area contributed by atoms with Gasteiger partial charge in [-0.1, -0.05) is 11.6 Å². The van der Waals surface area contributed by atoms with E-state index in [2.05, 4.69) is 10.2 Å². The molecule has 1 saturated heterocycles. The van der Waals surface area contributed by atoms with Gasteiger partial charge in [0.15, 0.2) is 0 Å². The Hall–Kier alpha value is -3.13. The highest BCUT2D eigenvalue weighted by atomic mass is 35.5. The van der Waals surface area contributed by atoms with E-state index in [1.165, 1.54) is 0 Å². The summed E-state index contributed by atoms with van der Waals surface area (Å²) in [7, 11) is 0. The molecular weight excluding hydrogens is 420 g/mol. The van der Waals surface area contributed by atoms with E-state index in [1.807, 2.05) is 6.07 Å². The summed E-state index contributed by atoms with van der Waals surface area (Å²) in [6.07, 6.45) is 3.68. The van der Waals surface area contributed by atoms with Crippen LogP contribution in [-0.4, -0.2) is 44.4 Å². The van der Waals surface area contributed by atoms with Crippen molar-refractivity contribution in [2.75, 3.05) is 6.54 Å². The zero-order valence-electron chi connectivity index (χ0n) is 16.7. The van der Waals surface area contributed by atoms with Gasteiger partial charge >= 0.3 is 0 Å². The second-order valence-corrected chi connectivity index (χ2v) is 8.40. The fraction of sp³-hybridized carbons (Fsp3) is 0.364. The third-order valence-electron chi connectivity index (χ3n) is 5.62. The van der Waals surface area contributed by atoms with Crippen LogP contribution in [0.3, 0.4) is 0 Å². The van der Waals surface area contributed by atoms with E-state index >= 15 is 0 Å². The number of hydrogen-bond donors (Lipinski definition) is 0. The van der Waals surface area contributed by atoms with Crippen molar-refractivity contribution in [2.24, 2.45) is 5.92 Å². The first-order chi connectivity index (χ1) is 15.1. The minimum absolute atomic E-state index is 0.0340. The van der Waals surface area contributed by atoms with Crippen molar-refractivity contribution in [1.29, 1.82) is 0 Å². The fourth-order valence-electron chi connectivity index (χ4n) is 3.86. The molecule has 3 aromatic rings. The van der Waals surface area contributed by atoms with E-state index < -0.39 is 0 Å². The first-order valence-corrected chi connectivity index (χ1v) is 10.6. The average Bonchev–Trinajstić information content (AvgIpc) is 3.13. The minimum Gasteiger partial charge on any atom is -0.467 e. The lowest BCUT2D eigenvalue weighted by Gasteiger charge is -2.24. The SMILES string of the molecule is O=C1CC(C(=O)N(Cc2nnc(-c3ccc(Cl)cc3)o2)C2CC2)CN1Cc1ccco1. The summed E-state index contributed by atoms with van der Waals surface area (Å²) >= 11 is 5.93.